The van der Waals surface area contributed by atoms with Crippen molar-refractivity contribution in [1.82, 2.24) is 0 Å². The first-order chi connectivity index (χ1) is 8.65. The van der Waals surface area contributed by atoms with Crippen LogP contribution in [0.1, 0.15) is 38.2 Å². The molecule has 1 unspecified atom stereocenters. The summed E-state index contributed by atoms with van der Waals surface area (Å²) in [7, 11) is 0. The molecule has 0 fully saturated rings. The molecule has 0 N–H and O–H groups in total. The van der Waals surface area contributed by atoms with Crippen molar-refractivity contribution < 1.29 is 9.72 Å². The van der Waals surface area contributed by atoms with Gasteiger partial charge < -0.3 is 0 Å². The second-order valence-electron chi connectivity index (χ2n) is 4.37. The number of carbonyl (C=O) groups is 1. The average Bonchev–Trinajstić information content (AvgIpc) is 2.36. The van der Waals surface area contributed by atoms with Crippen molar-refractivity contribution in [3.05, 3.63) is 46.0 Å². The number of aryl methyl sites for hydroxylation is 1. The number of nitro groups is 1. The molecule has 0 spiro atoms. The highest BCUT2D eigenvalue weighted by molar-refractivity contribution is 5.82. The lowest BCUT2D eigenvalue weighted by Crippen LogP contribution is -2.28. The van der Waals surface area contributed by atoms with Crippen LogP contribution in [0, 0.1) is 10.1 Å². The number of nitrogens with zero attached hydrogens (tertiary/aromatic N) is 1. The third-order valence-corrected chi connectivity index (χ3v) is 2.99. The van der Waals surface area contributed by atoms with Crippen LogP contribution in [-0.4, -0.2) is 16.7 Å². The SMILES string of the molecule is CCC(C(=O)CCCCc1ccccc1)[N+](=O)[O-]. The minimum Gasteiger partial charge on any atom is -0.292 e. The van der Waals surface area contributed by atoms with Crippen LogP contribution in [0.5, 0.6) is 0 Å². The molecule has 98 valence electrons. The molecule has 0 bridgehead atoms. The van der Waals surface area contributed by atoms with Gasteiger partial charge in [-0.2, -0.15) is 0 Å². The summed E-state index contributed by atoms with van der Waals surface area (Å²) < 4.78 is 0. The maximum atomic E-state index is 11.6. The molecular formula is C14H19NO3. The second-order valence-corrected chi connectivity index (χ2v) is 4.37. The summed E-state index contributed by atoms with van der Waals surface area (Å²) in [6.07, 6.45) is 3.13. The molecule has 0 radical (unpaired) electrons. The maximum absolute atomic E-state index is 11.6. The lowest BCUT2D eigenvalue weighted by Gasteiger charge is -2.05. The van der Waals surface area contributed by atoms with Crippen LogP contribution in [0.15, 0.2) is 30.3 Å². The molecular weight excluding hydrogens is 230 g/mol. The predicted octanol–water partition coefficient (Wildman–Crippen LogP) is 3.02. The fourth-order valence-corrected chi connectivity index (χ4v) is 1.93. The quantitative estimate of drug-likeness (QED) is 0.404. The third-order valence-electron chi connectivity index (χ3n) is 2.99. The largest absolute Gasteiger partial charge is 0.292 e. The summed E-state index contributed by atoms with van der Waals surface area (Å²) >= 11 is 0. The third kappa shape index (κ3) is 4.65. The van der Waals surface area contributed by atoms with Crippen molar-refractivity contribution in [2.75, 3.05) is 0 Å². The van der Waals surface area contributed by atoms with E-state index < -0.39 is 11.0 Å². The highest BCUT2D eigenvalue weighted by atomic mass is 16.6. The van der Waals surface area contributed by atoms with Gasteiger partial charge in [0.2, 0.25) is 5.78 Å². The number of Topliss-reactive ketones (excluding diaryl/α,β-unsaturated/α-hetero) is 1. The number of unbranched alkanes of at least 4 members (excludes halogenated alkanes) is 1. The van der Waals surface area contributed by atoms with E-state index in [0.29, 0.717) is 6.42 Å². The number of benzene rings is 1. The first kappa shape index (κ1) is 14.4. The van der Waals surface area contributed by atoms with Crippen molar-refractivity contribution in [1.29, 1.82) is 0 Å². The van der Waals surface area contributed by atoms with E-state index in [1.165, 1.54) is 5.56 Å². The number of ketones is 1. The van der Waals surface area contributed by atoms with Crippen LogP contribution in [-0.2, 0) is 11.2 Å². The summed E-state index contributed by atoms with van der Waals surface area (Å²) in [6.45, 7) is 1.68. The fraction of sp³-hybridized carbons (Fsp3) is 0.500. The fourth-order valence-electron chi connectivity index (χ4n) is 1.93. The molecule has 0 aliphatic heterocycles. The zero-order valence-electron chi connectivity index (χ0n) is 10.7. The van der Waals surface area contributed by atoms with Gasteiger partial charge in [-0.3, -0.25) is 14.9 Å². The van der Waals surface area contributed by atoms with Crippen molar-refractivity contribution in [2.24, 2.45) is 0 Å². The van der Waals surface area contributed by atoms with Gasteiger partial charge in [0, 0.05) is 17.8 Å². The Balaban J connectivity index is 2.25. The zero-order valence-corrected chi connectivity index (χ0v) is 10.7. The molecule has 0 aromatic heterocycles. The Morgan fingerprint density at radius 2 is 1.94 bits per heavy atom. The second kappa shape index (κ2) is 7.58. The number of hydrogen-bond donors (Lipinski definition) is 0. The first-order valence-electron chi connectivity index (χ1n) is 6.35. The molecule has 1 aromatic carbocycles. The maximum Gasteiger partial charge on any atom is 0.270 e. The molecule has 18 heavy (non-hydrogen) atoms. The Hall–Kier alpha value is -1.71. The number of hydrogen-bond acceptors (Lipinski definition) is 3. The van der Waals surface area contributed by atoms with E-state index in [2.05, 4.69) is 0 Å². The molecule has 4 nitrogen and oxygen atoms in total. The molecule has 1 atom stereocenters. The molecule has 0 saturated carbocycles. The van der Waals surface area contributed by atoms with Crippen LogP contribution in [0.2, 0.25) is 0 Å². The van der Waals surface area contributed by atoms with E-state index in [9.17, 15) is 14.9 Å². The van der Waals surface area contributed by atoms with Crippen molar-refractivity contribution in [3.8, 4) is 0 Å². The summed E-state index contributed by atoms with van der Waals surface area (Å²) in [5, 5.41) is 10.6. The molecule has 0 aliphatic carbocycles. The Kier molecular flexibility index (Phi) is 6.05. The Bertz CT molecular complexity index is 389. The number of carbonyl (C=O) groups excluding carboxylic acids is 1. The highest BCUT2D eigenvalue weighted by Crippen LogP contribution is 2.09. The minimum absolute atomic E-state index is 0.240. The van der Waals surface area contributed by atoms with Crippen LogP contribution >= 0.6 is 0 Å². The lowest BCUT2D eigenvalue weighted by molar-refractivity contribution is -0.507. The average molecular weight is 249 g/mol. The molecule has 0 aliphatic rings. The molecule has 1 rings (SSSR count). The highest BCUT2D eigenvalue weighted by Gasteiger charge is 2.25. The van der Waals surface area contributed by atoms with E-state index in [1.54, 1.807) is 6.92 Å². The Morgan fingerprint density at radius 1 is 1.28 bits per heavy atom. The van der Waals surface area contributed by atoms with Gasteiger partial charge in [-0.15, -0.1) is 0 Å². The van der Waals surface area contributed by atoms with Gasteiger partial charge in [-0.1, -0.05) is 37.3 Å². The van der Waals surface area contributed by atoms with Crippen molar-refractivity contribution in [2.45, 2.75) is 45.1 Å². The smallest absolute Gasteiger partial charge is 0.270 e. The van der Waals surface area contributed by atoms with Crippen molar-refractivity contribution >= 4 is 5.78 Å². The van der Waals surface area contributed by atoms with Gasteiger partial charge in [0.15, 0.2) is 0 Å². The number of rotatable bonds is 8. The summed E-state index contributed by atoms with van der Waals surface area (Å²) in [5.41, 5.74) is 1.24. The van der Waals surface area contributed by atoms with Gasteiger partial charge in [0.05, 0.1) is 0 Å². The van der Waals surface area contributed by atoms with Crippen LogP contribution < -0.4 is 0 Å². The van der Waals surface area contributed by atoms with Crippen LogP contribution in [0.3, 0.4) is 0 Å². The van der Waals surface area contributed by atoms with Crippen LogP contribution in [0.4, 0.5) is 0 Å². The normalized spacial score (nSPS) is 12.1. The minimum atomic E-state index is -1.01. The summed E-state index contributed by atoms with van der Waals surface area (Å²) in [6, 6.07) is 9.03. The topological polar surface area (TPSA) is 60.2 Å². The van der Waals surface area contributed by atoms with E-state index in [1.807, 2.05) is 30.3 Å². The standard InChI is InChI=1S/C14H19NO3/c1-2-13(15(17)18)14(16)11-7-6-10-12-8-4-3-5-9-12/h3-5,8-9,13H,2,6-7,10-11H2,1H3. The van der Waals surface area contributed by atoms with Gasteiger partial charge in [0.25, 0.3) is 6.04 Å². The zero-order chi connectivity index (χ0) is 13.4. The Labute approximate surface area is 107 Å². The molecule has 0 saturated heterocycles. The molecule has 4 heteroatoms. The molecule has 0 heterocycles. The first-order valence-corrected chi connectivity index (χ1v) is 6.35. The van der Waals surface area contributed by atoms with E-state index in [0.717, 1.165) is 19.3 Å². The van der Waals surface area contributed by atoms with Gasteiger partial charge in [-0.25, -0.2) is 0 Å². The molecule has 1 aromatic rings. The monoisotopic (exact) mass is 249 g/mol. The van der Waals surface area contributed by atoms with Crippen molar-refractivity contribution in [3.63, 3.8) is 0 Å². The Morgan fingerprint density at radius 3 is 2.50 bits per heavy atom. The van der Waals surface area contributed by atoms with Crippen LogP contribution in [0.25, 0.3) is 0 Å². The van der Waals surface area contributed by atoms with E-state index >= 15 is 0 Å². The van der Waals surface area contributed by atoms with Gasteiger partial charge >= 0.3 is 0 Å². The van der Waals surface area contributed by atoms with E-state index in [-0.39, 0.29) is 12.2 Å². The van der Waals surface area contributed by atoms with E-state index in [4.69, 9.17) is 0 Å². The van der Waals surface area contributed by atoms with Gasteiger partial charge in [0.1, 0.15) is 0 Å². The summed E-state index contributed by atoms with van der Waals surface area (Å²) in [4.78, 5) is 21.7. The summed E-state index contributed by atoms with van der Waals surface area (Å²) in [5.74, 6) is -0.240. The molecule has 0 amide bonds. The lowest BCUT2D eigenvalue weighted by atomic mass is 10.0. The predicted molar refractivity (Wildman–Crippen MR) is 70.1 cm³/mol. The van der Waals surface area contributed by atoms with Gasteiger partial charge in [-0.05, 0) is 24.8 Å².